The van der Waals surface area contributed by atoms with Gasteiger partial charge in [-0.2, -0.15) is 0 Å². The van der Waals surface area contributed by atoms with Crippen LogP contribution < -0.4 is 16.4 Å². The molecule has 0 heterocycles. The molecule has 0 aromatic heterocycles. The summed E-state index contributed by atoms with van der Waals surface area (Å²) in [6, 6.07) is -0.00508. The summed E-state index contributed by atoms with van der Waals surface area (Å²) in [6.07, 6.45) is 4.02. The van der Waals surface area contributed by atoms with Crippen molar-refractivity contribution in [2.24, 2.45) is 11.7 Å². The van der Waals surface area contributed by atoms with E-state index in [2.05, 4.69) is 10.6 Å². The van der Waals surface area contributed by atoms with Gasteiger partial charge in [-0.05, 0) is 12.8 Å². The smallest absolute Gasteiger partial charge is 0.224 e. The van der Waals surface area contributed by atoms with Gasteiger partial charge < -0.3 is 16.4 Å². The van der Waals surface area contributed by atoms with E-state index in [0.717, 1.165) is 25.7 Å². The predicted molar refractivity (Wildman–Crippen MR) is 61.6 cm³/mol. The highest BCUT2D eigenvalue weighted by atomic mass is 16.2. The average Bonchev–Trinajstić information content (AvgIpc) is 2.24. The van der Waals surface area contributed by atoms with E-state index in [1.54, 1.807) is 0 Å². The van der Waals surface area contributed by atoms with Crippen molar-refractivity contribution in [3.05, 3.63) is 0 Å². The maximum Gasteiger partial charge on any atom is 0.224 e. The summed E-state index contributed by atoms with van der Waals surface area (Å²) in [4.78, 5) is 22.3. The zero-order valence-corrected chi connectivity index (χ0v) is 9.79. The lowest BCUT2D eigenvalue weighted by Gasteiger charge is -2.27. The van der Waals surface area contributed by atoms with Crippen molar-refractivity contribution in [2.45, 2.75) is 38.6 Å². The van der Waals surface area contributed by atoms with Crippen LogP contribution in [-0.2, 0) is 9.59 Å². The van der Waals surface area contributed by atoms with Crippen LogP contribution in [0.25, 0.3) is 0 Å². The van der Waals surface area contributed by atoms with Crippen molar-refractivity contribution >= 4 is 11.8 Å². The summed E-state index contributed by atoms with van der Waals surface area (Å²) in [6.45, 7) is 2.41. The maximum atomic E-state index is 11.7. The Morgan fingerprint density at radius 1 is 1.19 bits per heavy atom. The van der Waals surface area contributed by atoms with Crippen LogP contribution in [0, 0.1) is 5.92 Å². The van der Waals surface area contributed by atoms with Gasteiger partial charge in [0.25, 0.3) is 0 Å². The van der Waals surface area contributed by atoms with Crippen LogP contribution in [0.3, 0.4) is 0 Å². The van der Waals surface area contributed by atoms with E-state index in [1.165, 1.54) is 6.92 Å². The fourth-order valence-electron chi connectivity index (χ4n) is 2.04. The molecule has 0 aromatic rings. The first-order valence-electron chi connectivity index (χ1n) is 5.89. The monoisotopic (exact) mass is 227 g/mol. The molecule has 1 fully saturated rings. The Morgan fingerprint density at radius 3 is 2.44 bits per heavy atom. The first-order chi connectivity index (χ1) is 7.61. The van der Waals surface area contributed by atoms with Gasteiger partial charge >= 0.3 is 0 Å². The molecule has 0 spiro atoms. The second-order valence-electron chi connectivity index (χ2n) is 4.33. The molecule has 0 aliphatic heterocycles. The highest BCUT2D eigenvalue weighted by Gasteiger charge is 2.27. The molecule has 0 saturated heterocycles. The van der Waals surface area contributed by atoms with Crippen LogP contribution in [0.2, 0.25) is 0 Å². The van der Waals surface area contributed by atoms with Crippen molar-refractivity contribution in [3.63, 3.8) is 0 Å². The first-order valence-corrected chi connectivity index (χ1v) is 5.89. The molecule has 1 aliphatic carbocycles. The van der Waals surface area contributed by atoms with Crippen molar-refractivity contribution in [1.82, 2.24) is 10.6 Å². The van der Waals surface area contributed by atoms with Crippen LogP contribution >= 0.6 is 0 Å². The molecule has 16 heavy (non-hydrogen) atoms. The first kappa shape index (κ1) is 13.0. The number of rotatable bonds is 4. The lowest BCUT2D eigenvalue weighted by Crippen LogP contribution is -2.45. The lowest BCUT2D eigenvalue weighted by molar-refractivity contribution is -0.126. The van der Waals surface area contributed by atoms with Crippen molar-refractivity contribution in [2.75, 3.05) is 13.1 Å². The molecule has 1 saturated carbocycles. The van der Waals surface area contributed by atoms with E-state index in [-0.39, 0.29) is 23.8 Å². The topological polar surface area (TPSA) is 84.2 Å². The Hall–Kier alpha value is -1.10. The van der Waals surface area contributed by atoms with Crippen LogP contribution in [0.15, 0.2) is 0 Å². The number of carbonyl (C=O) groups is 2. The van der Waals surface area contributed by atoms with Gasteiger partial charge in [0.05, 0.1) is 5.92 Å². The normalized spacial score (nSPS) is 24.9. The van der Waals surface area contributed by atoms with Gasteiger partial charge in [-0.25, -0.2) is 0 Å². The molecule has 2 atom stereocenters. The molecular weight excluding hydrogens is 206 g/mol. The maximum absolute atomic E-state index is 11.7. The largest absolute Gasteiger partial charge is 0.355 e. The third kappa shape index (κ3) is 4.18. The Labute approximate surface area is 96.1 Å². The van der Waals surface area contributed by atoms with Crippen LogP contribution in [0.1, 0.15) is 32.6 Å². The van der Waals surface area contributed by atoms with E-state index in [0.29, 0.717) is 13.1 Å². The van der Waals surface area contributed by atoms with Gasteiger partial charge in [-0.1, -0.05) is 12.8 Å². The van der Waals surface area contributed by atoms with Crippen molar-refractivity contribution in [3.8, 4) is 0 Å². The lowest BCUT2D eigenvalue weighted by atomic mass is 9.84. The van der Waals surface area contributed by atoms with E-state index < -0.39 is 0 Å². The summed E-state index contributed by atoms with van der Waals surface area (Å²) >= 11 is 0. The minimum absolute atomic E-state index is 0.00508. The average molecular weight is 227 g/mol. The molecule has 1 rings (SSSR count). The molecule has 0 bridgehead atoms. The Bertz CT molecular complexity index is 256. The second-order valence-corrected chi connectivity index (χ2v) is 4.33. The number of amides is 2. The molecular formula is C11H21N3O2. The van der Waals surface area contributed by atoms with Crippen LogP contribution in [0.5, 0.6) is 0 Å². The third-order valence-corrected chi connectivity index (χ3v) is 2.95. The Balaban J connectivity index is 2.20. The minimum Gasteiger partial charge on any atom is -0.355 e. The van der Waals surface area contributed by atoms with E-state index in [1.807, 2.05) is 0 Å². The molecule has 2 amide bonds. The molecule has 5 nitrogen and oxygen atoms in total. The summed E-state index contributed by atoms with van der Waals surface area (Å²) in [7, 11) is 0. The number of carbonyl (C=O) groups excluding carboxylic acids is 2. The van der Waals surface area contributed by atoms with Crippen LogP contribution in [0.4, 0.5) is 0 Å². The summed E-state index contributed by atoms with van der Waals surface area (Å²) in [5.41, 5.74) is 5.90. The SMILES string of the molecule is CC(=O)NCCNC(=O)C1CCCCC1N. The molecule has 92 valence electrons. The van der Waals surface area contributed by atoms with Gasteiger partial charge in [-0.3, -0.25) is 9.59 Å². The van der Waals surface area contributed by atoms with Gasteiger partial charge in [0.15, 0.2) is 0 Å². The Kier molecular flexibility index (Phi) is 5.25. The highest BCUT2D eigenvalue weighted by molar-refractivity contribution is 5.79. The van der Waals surface area contributed by atoms with E-state index in [9.17, 15) is 9.59 Å². The zero-order chi connectivity index (χ0) is 12.0. The summed E-state index contributed by atoms with van der Waals surface area (Å²) < 4.78 is 0. The predicted octanol–water partition coefficient (Wildman–Crippen LogP) is -0.244. The number of nitrogens with two attached hydrogens (primary N) is 1. The number of hydrogen-bond acceptors (Lipinski definition) is 3. The van der Waals surface area contributed by atoms with Crippen molar-refractivity contribution < 1.29 is 9.59 Å². The molecule has 0 radical (unpaired) electrons. The Morgan fingerprint density at radius 2 is 1.81 bits per heavy atom. The standard InChI is InChI=1S/C11H21N3O2/c1-8(15)13-6-7-14-11(16)9-4-2-3-5-10(9)12/h9-10H,2-7,12H2,1H3,(H,13,15)(H,14,16). The molecule has 0 aromatic carbocycles. The van der Waals surface area contributed by atoms with E-state index in [4.69, 9.17) is 5.73 Å². The number of nitrogens with one attached hydrogen (secondary N) is 2. The molecule has 1 aliphatic rings. The zero-order valence-electron chi connectivity index (χ0n) is 9.79. The quantitative estimate of drug-likeness (QED) is 0.579. The fourth-order valence-corrected chi connectivity index (χ4v) is 2.04. The molecule has 5 heteroatoms. The van der Waals surface area contributed by atoms with Gasteiger partial charge in [0.2, 0.25) is 11.8 Å². The van der Waals surface area contributed by atoms with Crippen LogP contribution in [-0.4, -0.2) is 30.9 Å². The highest BCUT2D eigenvalue weighted by Crippen LogP contribution is 2.22. The van der Waals surface area contributed by atoms with Crippen molar-refractivity contribution in [1.29, 1.82) is 0 Å². The summed E-state index contributed by atoms with van der Waals surface area (Å²) in [5, 5.41) is 5.43. The minimum atomic E-state index is -0.0800. The molecule has 4 N–H and O–H groups in total. The van der Waals surface area contributed by atoms with Gasteiger partial charge in [0, 0.05) is 26.1 Å². The van der Waals surface area contributed by atoms with Gasteiger partial charge in [0.1, 0.15) is 0 Å². The number of hydrogen-bond donors (Lipinski definition) is 3. The third-order valence-electron chi connectivity index (χ3n) is 2.95. The summed E-state index contributed by atoms with van der Waals surface area (Å²) in [5.74, 6) is -0.104. The van der Waals surface area contributed by atoms with E-state index >= 15 is 0 Å². The second kappa shape index (κ2) is 6.48. The molecule has 2 unspecified atom stereocenters. The van der Waals surface area contributed by atoms with Gasteiger partial charge in [-0.15, -0.1) is 0 Å². The fraction of sp³-hybridized carbons (Fsp3) is 0.818.